The second-order valence-corrected chi connectivity index (χ2v) is 5.44. The van der Waals surface area contributed by atoms with E-state index in [4.69, 9.17) is 10.5 Å². The first-order valence-electron chi connectivity index (χ1n) is 6.98. The van der Waals surface area contributed by atoms with Crippen molar-refractivity contribution in [3.63, 3.8) is 0 Å². The van der Waals surface area contributed by atoms with Crippen LogP contribution < -0.4 is 10.5 Å². The third-order valence-electron chi connectivity index (χ3n) is 3.92. The highest BCUT2D eigenvalue weighted by Gasteiger charge is 2.31. The van der Waals surface area contributed by atoms with Gasteiger partial charge < -0.3 is 10.5 Å². The number of nitrogens with two attached hydrogens (primary N) is 1. The predicted molar refractivity (Wildman–Crippen MR) is 71.4 cm³/mol. The summed E-state index contributed by atoms with van der Waals surface area (Å²) in [5.74, 6) is 0.913. The summed E-state index contributed by atoms with van der Waals surface area (Å²) in [6.07, 6.45) is 0.0762. The van der Waals surface area contributed by atoms with Crippen LogP contribution >= 0.6 is 0 Å². The molecule has 0 bridgehead atoms. The van der Waals surface area contributed by atoms with Crippen molar-refractivity contribution in [2.24, 2.45) is 11.7 Å². The van der Waals surface area contributed by atoms with Crippen LogP contribution in [0.15, 0.2) is 18.2 Å². The number of halogens is 3. The van der Waals surface area contributed by atoms with Gasteiger partial charge in [0.1, 0.15) is 11.9 Å². The van der Waals surface area contributed by atoms with Gasteiger partial charge in [0, 0.05) is 12.1 Å². The van der Waals surface area contributed by atoms with E-state index in [1.807, 2.05) is 0 Å². The Morgan fingerprint density at radius 3 is 2.55 bits per heavy atom. The molecule has 5 heteroatoms. The molecule has 1 aromatic carbocycles. The van der Waals surface area contributed by atoms with E-state index in [9.17, 15) is 13.2 Å². The van der Waals surface area contributed by atoms with Crippen LogP contribution in [0.3, 0.4) is 0 Å². The summed E-state index contributed by atoms with van der Waals surface area (Å²) in [6, 6.07) is 3.54. The maximum Gasteiger partial charge on any atom is 0.416 e. The zero-order valence-electron chi connectivity index (χ0n) is 11.5. The fourth-order valence-corrected chi connectivity index (χ4v) is 2.65. The molecule has 0 saturated heterocycles. The standard InChI is InChI=1S/C15H20F3NO/c1-10-4-2-3-5-13(10)20-14-7-6-12(15(16,17)18)8-11(14)9-19/h6-8,10,13H,2-5,9,19H2,1H3. The van der Waals surface area contributed by atoms with E-state index in [0.717, 1.165) is 31.4 Å². The molecule has 0 amide bonds. The lowest BCUT2D eigenvalue weighted by molar-refractivity contribution is -0.137. The lowest BCUT2D eigenvalue weighted by atomic mass is 9.88. The Hall–Kier alpha value is -1.23. The van der Waals surface area contributed by atoms with Gasteiger partial charge in [-0.2, -0.15) is 13.2 Å². The Balaban J connectivity index is 2.19. The largest absolute Gasteiger partial charge is 0.490 e. The highest BCUT2D eigenvalue weighted by atomic mass is 19.4. The van der Waals surface area contributed by atoms with Crippen LogP contribution in [0.25, 0.3) is 0 Å². The Kier molecular flexibility index (Phi) is 4.58. The van der Waals surface area contributed by atoms with Gasteiger partial charge in [-0.1, -0.05) is 13.3 Å². The minimum absolute atomic E-state index is 0.0420. The maximum atomic E-state index is 12.7. The number of benzene rings is 1. The van der Waals surface area contributed by atoms with Gasteiger partial charge in [0.15, 0.2) is 0 Å². The van der Waals surface area contributed by atoms with E-state index in [-0.39, 0.29) is 12.6 Å². The summed E-state index contributed by atoms with van der Waals surface area (Å²) in [7, 11) is 0. The van der Waals surface area contributed by atoms with Crippen molar-refractivity contribution in [1.29, 1.82) is 0 Å². The average molecular weight is 287 g/mol. The summed E-state index contributed by atoms with van der Waals surface area (Å²) in [5.41, 5.74) is 5.29. The molecule has 0 radical (unpaired) electrons. The summed E-state index contributed by atoms with van der Waals surface area (Å²) in [6.45, 7) is 2.16. The highest BCUT2D eigenvalue weighted by Crippen LogP contribution is 2.34. The molecule has 0 aliphatic heterocycles. The summed E-state index contributed by atoms with van der Waals surface area (Å²) in [5, 5.41) is 0. The second kappa shape index (κ2) is 6.04. The van der Waals surface area contributed by atoms with Crippen molar-refractivity contribution in [2.45, 2.75) is 51.4 Å². The first kappa shape index (κ1) is 15.2. The SMILES string of the molecule is CC1CCCCC1Oc1ccc(C(F)(F)F)cc1CN. The van der Waals surface area contributed by atoms with Crippen molar-refractivity contribution in [3.8, 4) is 5.75 Å². The molecule has 2 unspecified atom stereocenters. The molecule has 0 spiro atoms. The quantitative estimate of drug-likeness (QED) is 0.907. The molecule has 1 saturated carbocycles. The van der Waals surface area contributed by atoms with Gasteiger partial charge in [-0.05, 0) is 43.4 Å². The lowest BCUT2D eigenvalue weighted by Gasteiger charge is -2.30. The van der Waals surface area contributed by atoms with E-state index in [1.54, 1.807) is 0 Å². The molecule has 1 aliphatic carbocycles. The number of alkyl halides is 3. The monoisotopic (exact) mass is 287 g/mol. The van der Waals surface area contributed by atoms with Gasteiger partial charge in [-0.25, -0.2) is 0 Å². The van der Waals surface area contributed by atoms with Crippen LogP contribution in [0.4, 0.5) is 13.2 Å². The highest BCUT2D eigenvalue weighted by molar-refractivity contribution is 5.38. The van der Waals surface area contributed by atoms with Crippen molar-refractivity contribution in [1.82, 2.24) is 0 Å². The second-order valence-electron chi connectivity index (χ2n) is 5.44. The molecule has 1 fully saturated rings. The molecule has 112 valence electrons. The van der Waals surface area contributed by atoms with Crippen LogP contribution in [-0.4, -0.2) is 6.10 Å². The zero-order chi connectivity index (χ0) is 14.8. The zero-order valence-corrected chi connectivity index (χ0v) is 11.5. The number of hydrogen-bond acceptors (Lipinski definition) is 2. The van der Waals surface area contributed by atoms with Crippen LogP contribution in [0.1, 0.15) is 43.7 Å². The molecular formula is C15H20F3NO. The number of ether oxygens (including phenoxy) is 1. The van der Waals surface area contributed by atoms with Crippen molar-refractivity contribution in [2.75, 3.05) is 0 Å². The minimum Gasteiger partial charge on any atom is -0.490 e. The van der Waals surface area contributed by atoms with Crippen molar-refractivity contribution in [3.05, 3.63) is 29.3 Å². The smallest absolute Gasteiger partial charge is 0.416 e. The maximum absolute atomic E-state index is 12.7. The molecule has 0 heterocycles. The number of rotatable bonds is 3. The third-order valence-corrected chi connectivity index (χ3v) is 3.92. The molecule has 0 aromatic heterocycles. The molecule has 2 rings (SSSR count). The molecular weight excluding hydrogens is 267 g/mol. The van der Waals surface area contributed by atoms with Crippen LogP contribution in [0.5, 0.6) is 5.75 Å². The third kappa shape index (κ3) is 3.45. The Bertz CT molecular complexity index is 459. The van der Waals surface area contributed by atoms with Gasteiger partial charge in [0.05, 0.1) is 5.56 Å². The van der Waals surface area contributed by atoms with Crippen LogP contribution in [0.2, 0.25) is 0 Å². The summed E-state index contributed by atoms with van der Waals surface area (Å²) < 4.78 is 43.9. The van der Waals surface area contributed by atoms with E-state index < -0.39 is 11.7 Å². The first-order valence-corrected chi connectivity index (χ1v) is 6.98. The van der Waals surface area contributed by atoms with Gasteiger partial charge in [-0.3, -0.25) is 0 Å². The minimum atomic E-state index is -4.35. The summed E-state index contributed by atoms with van der Waals surface area (Å²) >= 11 is 0. The van der Waals surface area contributed by atoms with E-state index in [1.165, 1.54) is 12.5 Å². The van der Waals surface area contributed by atoms with E-state index in [0.29, 0.717) is 17.2 Å². The van der Waals surface area contributed by atoms with E-state index in [2.05, 4.69) is 6.92 Å². The Morgan fingerprint density at radius 2 is 1.95 bits per heavy atom. The van der Waals surface area contributed by atoms with Gasteiger partial charge >= 0.3 is 6.18 Å². The fraction of sp³-hybridized carbons (Fsp3) is 0.600. The van der Waals surface area contributed by atoms with E-state index >= 15 is 0 Å². The van der Waals surface area contributed by atoms with Crippen molar-refractivity contribution >= 4 is 0 Å². The molecule has 2 nitrogen and oxygen atoms in total. The van der Waals surface area contributed by atoms with Gasteiger partial charge in [0.2, 0.25) is 0 Å². The van der Waals surface area contributed by atoms with Gasteiger partial charge in [-0.15, -0.1) is 0 Å². The fourth-order valence-electron chi connectivity index (χ4n) is 2.65. The molecule has 2 N–H and O–H groups in total. The Morgan fingerprint density at radius 1 is 1.25 bits per heavy atom. The average Bonchev–Trinajstić information content (AvgIpc) is 2.40. The normalized spacial score (nSPS) is 23.6. The topological polar surface area (TPSA) is 35.2 Å². The van der Waals surface area contributed by atoms with Crippen molar-refractivity contribution < 1.29 is 17.9 Å². The first-order chi connectivity index (χ1) is 9.41. The molecule has 1 aromatic rings. The Labute approximate surface area is 117 Å². The predicted octanol–water partition coefficient (Wildman–Crippen LogP) is 4.12. The lowest BCUT2D eigenvalue weighted by Crippen LogP contribution is -2.28. The van der Waals surface area contributed by atoms with Crippen LogP contribution in [0, 0.1) is 5.92 Å². The molecule has 1 aliphatic rings. The van der Waals surface area contributed by atoms with Gasteiger partial charge in [0.25, 0.3) is 0 Å². The summed E-state index contributed by atoms with van der Waals surface area (Å²) in [4.78, 5) is 0. The van der Waals surface area contributed by atoms with Crippen LogP contribution in [-0.2, 0) is 12.7 Å². The molecule has 20 heavy (non-hydrogen) atoms. The molecule has 2 atom stereocenters. The number of hydrogen-bond donors (Lipinski definition) is 1.